The molecule has 0 radical (unpaired) electrons. The summed E-state index contributed by atoms with van der Waals surface area (Å²) >= 11 is 2.90. The van der Waals surface area contributed by atoms with Crippen molar-refractivity contribution in [3.05, 3.63) is 32.4 Å². The molecular formula is C6H4BrN3O3. The highest BCUT2D eigenvalue weighted by molar-refractivity contribution is 9.10. The molecule has 0 unspecified atom stereocenters. The SMILES string of the molecule is NC(=O)c1cnc([N+](=O)[O-])c(Br)c1. The second-order valence-electron chi connectivity index (χ2n) is 2.15. The zero-order valence-corrected chi connectivity index (χ0v) is 7.82. The Morgan fingerprint density at radius 3 is 2.69 bits per heavy atom. The normalized spacial score (nSPS) is 9.62. The van der Waals surface area contributed by atoms with E-state index in [1.54, 1.807) is 0 Å². The van der Waals surface area contributed by atoms with Crippen LogP contribution in [-0.2, 0) is 0 Å². The Hall–Kier alpha value is -1.50. The molecule has 68 valence electrons. The van der Waals surface area contributed by atoms with Crippen LogP contribution in [0.4, 0.5) is 5.82 Å². The van der Waals surface area contributed by atoms with Crippen LogP contribution < -0.4 is 5.73 Å². The van der Waals surface area contributed by atoms with Crippen LogP contribution in [0.25, 0.3) is 0 Å². The number of nitrogens with zero attached hydrogens (tertiary/aromatic N) is 2. The molecule has 0 aromatic carbocycles. The summed E-state index contributed by atoms with van der Waals surface area (Å²) in [6, 6.07) is 1.26. The van der Waals surface area contributed by atoms with Crippen molar-refractivity contribution >= 4 is 27.7 Å². The van der Waals surface area contributed by atoms with Gasteiger partial charge in [-0.15, -0.1) is 0 Å². The molecule has 1 aromatic heterocycles. The molecule has 0 bridgehead atoms. The Kier molecular flexibility index (Phi) is 2.57. The van der Waals surface area contributed by atoms with E-state index in [0.717, 1.165) is 6.20 Å². The fourth-order valence-corrected chi connectivity index (χ4v) is 1.19. The van der Waals surface area contributed by atoms with Gasteiger partial charge < -0.3 is 15.8 Å². The average Bonchev–Trinajstić information content (AvgIpc) is 2.03. The van der Waals surface area contributed by atoms with E-state index in [4.69, 9.17) is 5.73 Å². The number of hydrogen-bond acceptors (Lipinski definition) is 4. The number of carbonyl (C=O) groups excluding carboxylic acids is 1. The first kappa shape index (κ1) is 9.59. The first-order valence-electron chi connectivity index (χ1n) is 3.12. The molecule has 1 rings (SSSR count). The van der Waals surface area contributed by atoms with Crippen molar-refractivity contribution in [2.45, 2.75) is 0 Å². The Bertz CT molecular complexity index is 379. The minimum Gasteiger partial charge on any atom is -0.365 e. The van der Waals surface area contributed by atoms with Gasteiger partial charge in [0.15, 0.2) is 6.20 Å². The topological polar surface area (TPSA) is 99.1 Å². The largest absolute Gasteiger partial charge is 0.377 e. The number of halogens is 1. The van der Waals surface area contributed by atoms with Crippen LogP contribution in [0.15, 0.2) is 16.7 Å². The molecule has 6 nitrogen and oxygen atoms in total. The second kappa shape index (κ2) is 3.48. The maximum atomic E-state index is 10.6. The number of carbonyl (C=O) groups is 1. The lowest BCUT2D eigenvalue weighted by Crippen LogP contribution is -2.11. The molecule has 7 heteroatoms. The van der Waals surface area contributed by atoms with Gasteiger partial charge in [0.2, 0.25) is 0 Å². The van der Waals surface area contributed by atoms with Crippen molar-refractivity contribution in [2.24, 2.45) is 5.73 Å². The molecule has 1 heterocycles. The number of rotatable bonds is 2. The van der Waals surface area contributed by atoms with E-state index < -0.39 is 10.8 Å². The number of aromatic nitrogens is 1. The zero-order valence-electron chi connectivity index (χ0n) is 6.23. The van der Waals surface area contributed by atoms with E-state index in [1.807, 2.05) is 0 Å². The van der Waals surface area contributed by atoms with Gasteiger partial charge in [0.25, 0.3) is 5.91 Å². The van der Waals surface area contributed by atoms with Gasteiger partial charge in [-0.1, -0.05) is 0 Å². The fraction of sp³-hybridized carbons (Fsp3) is 0. The molecule has 2 N–H and O–H groups in total. The van der Waals surface area contributed by atoms with Crippen LogP contribution in [0.1, 0.15) is 10.4 Å². The van der Waals surface area contributed by atoms with Gasteiger partial charge in [-0.25, -0.2) is 0 Å². The van der Waals surface area contributed by atoms with Crippen molar-refractivity contribution in [3.63, 3.8) is 0 Å². The van der Waals surface area contributed by atoms with Crippen LogP contribution in [0.3, 0.4) is 0 Å². The van der Waals surface area contributed by atoms with Gasteiger partial charge in [-0.3, -0.25) is 4.79 Å². The van der Waals surface area contributed by atoms with Crippen LogP contribution in [0.2, 0.25) is 0 Å². The van der Waals surface area contributed by atoms with Crippen LogP contribution >= 0.6 is 15.9 Å². The summed E-state index contributed by atoms with van der Waals surface area (Å²) in [5.41, 5.74) is 5.06. The van der Waals surface area contributed by atoms with E-state index in [9.17, 15) is 14.9 Å². The summed E-state index contributed by atoms with van der Waals surface area (Å²) in [5, 5.41) is 10.3. The lowest BCUT2D eigenvalue weighted by Gasteiger charge is -1.95. The van der Waals surface area contributed by atoms with E-state index in [0.29, 0.717) is 0 Å². The maximum absolute atomic E-state index is 10.6. The number of pyridine rings is 1. The quantitative estimate of drug-likeness (QED) is 0.617. The van der Waals surface area contributed by atoms with Crippen molar-refractivity contribution in [1.82, 2.24) is 4.98 Å². The van der Waals surface area contributed by atoms with Gasteiger partial charge in [0.05, 0.1) is 5.56 Å². The Balaban J connectivity index is 3.20. The number of nitrogens with two attached hydrogens (primary N) is 1. The summed E-state index contributed by atoms with van der Waals surface area (Å²) in [6.45, 7) is 0. The summed E-state index contributed by atoms with van der Waals surface area (Å²) in [7, 11) is 0. The molecule has 1 amide bonds. The van der Waals surface area contributed by atoms with E-state index in [-0.39, 0.29) is 15.9 Å². The van der Waals surface area contributed by atoms with Crippen molar-refractivity contribution in [2.75, 3.05) is 0 Å². The predicted octanol–water partition coefficient (Wildman–Crippen LogP) is 0.851. The molecule has 13 heavy (non-hydrogen) atoms. The lowest BCUT2D eigenvalue weighted by atomic mass is 10.3. The average molecular weight is 246 g/mol. The van der Waals surface area contributed by atoms with Crippen LogP contribution in [-0.4, -0.2) is 15.8 Å². The van der Waals surface area contributed by atoms with E-state index in [2.05, 4.69) is 20.9 Å². The Morgan fingerprint density at radius 1 is 1.69 bits per heavy atom. The summed E-state index contributed by atoms with van der Waals surface area (Å²) in [6.07, 6.45) is 1.06. The third-order valence-corrected chi connectivity index (χ3v) is 1.86. The minimum atomic E-state index is -0.678. The minimum absolute atomic E-state index is 0.123. The first-order valence-corrected chi connectivity index (χ1v) is 3.91. The molecule has 1 aromatic rings. The highest BCUT2D eigenvalue weighted by Crippen LogP contribution is 2.22. The van der Waals surface area contributed by atoms with Crippen LogP contribution in [0.5, 0.6) is 0 Å². The maximum Gasteiger partial charge on any atom is 0.377 e. The molecule has 0 aliphatic heterocycles. The molecular weight excluding hydrogens is 242 g/mol. The fourth-order valence-electron chi connectivity index (χ4n) is 0.700. The van der Waals surface area contributed by atoms with Gasteiger partial charge in [0, 0.05) is 0 Å². The van der Waals surface area contributed by atoms with Crippen LogP contribution in [0, 0.1) is 10.1 Å². The van der Waals surface area contributed by atoms with E-state index in [1.165, 1.54) is 6.07 Å². The number of primary amides is 1. The third-order valence-electron chi connectivity index (χ3n) is 1.28. The molecule has 0 saturated carbocycles. The summed E-state index contributed by atoms with van der Waals surface area (Å²) < 4.78 is 0.133. The van der Waals surface area contributed by atoms with Crippen molar-refractivity contribution in [3.8, 4) is 0 Å². The predicted molar refractivity (Wildman–Crippen MR) is 47.1 cm³/mol. The summed E-state index contributed by atoms with van der Waals surface area (Å²) in [5.74, 6) is -1.02. The monoisotopic (exact) mass is 245 g/mol. The third kappa shape index (κ3) is 2.00. The smallest absolute Gasteiger partial charge is 0.365 e. The lowest BCUT2D eigenvalue weighted by molar-refractivity contribution is -0.390. The first-order chi connectivity index (χ1) is 6.02. The molecule has 0 aliphatic rings. The Labute approximate surface area is 81.0 Å². The van der Waals surface area contributed by atoms with E-state index >= 15 is 0 Å². The molecule has 0 atom stereocenters. The van der Waals surface area contributed by atoms with Gasteiger partial charge in [-0.05, 0) is 31.9 Å². The molecule has 0 fully saturated rings. The highest BCUT2D eigenvalue weighted by Gasteiger charge is 2.15. The molecule has 0 saturated heterocycles. The number of amides is 1. The standard InChI is InChI=1S/C6H4BrN3O3/c7-4-1-3(5(8)11)2-9-6(4)10(12)13/h1-2H,(H2,8,11). The molecule has 0 aliphatic carbocycles. The van der Waals surface area contributed by atoms with Gasteiger partial charge in [0.1, 0.15) is 4.47 Å². The van der Waals surface area contributed by atoms with Gasteiger partial charge >= 0.3 is 5.82 Å². The Morgan fingerprint density at radius 2 is 2.31 bits per heavy atom. The van der Waals surface area contributed by atoms with Crippen molar-refractivity contribution in [1.29, 1.82) is 0 Å². The zero-order chi connectivity index (χ0) is 10.0. The summed E-state index contributed by atoms with van der Waals surface area (Å²) in [4.78, 5) is 23.7. The van der Waals surface area contributed by atoms with Gasteiger partial charge in [-0.2, -0.15) is 0 Å². The molecule has 0 spiro atoms. The number of nitro groups is 1. The number of hydrogen-bond donors (Lipinski definition) is 1. The highest BCUT2D eigenvalue weighted by atomic mass is 79.9. The second-order valence-corrected chi connectivity index (χ2v) is 3.01. The van der Waals surface area contributed by atoms with Crippen molar-refractivity contribution < 1.29 is 9.72 Å².